The van der Waals surface area contributed by atoms with E-state index in [4.69, 9.17) is 9.84 Å². The lowest BCUT2D eigenvalue weighted by Gasteiger charge is -2.19. The van der Waals surface area contributed by atoms with Crippen molar-refractivity contribution in [1.29, 1.82) is 0 Å². The van der Waals surface area contributed by atoms with Crippen molar-refractivity contribution >= 4 is 11.9 Å². The van der Waals surface area contributed by atoms with E-state index in [2.05, 4.69) is 4.98 Å². The largest absolute Gasteiger partial charge is 0.481 e. The van der Waals surface area contributed by atoms with E-state index in [1.165, 1.54) is 6.20 Å². The highest BCUT2D eigenvalue weighted by atomic mass is 16.6. The van der Waals surface area contributed by atoms with Crippen LogP contribution in [0.25, 0.3) is 0 Å². The molecule has 0 radical (unpaired) electrons. The Kier molecular flexibility index (Phi) is 4.42. The summed E-state index contributed by atoms with van der Waals surface area (Å²) in [5.41, 5.74) is 0.453. The molecule has 5 heteroatoms. The number of nitrogens with zero attached hydrogens (tertiary/aromatic N) is 1. The van der Waals surface area contributed by atoms with E-state index < -0.39 is 17.5 Å². The van der Waals surface area contributed by atoms with Crippen LogP contribution in [0.3, 0.4) is 0 Å². The molecule has 0 spiro atoms. The van der Waals surface area contributed by atoms with Crippen molar-refractivity contribution in [2.75, 3.05) is 0 Å². The van der Waals surface area contributed by atoms with Gasteiger partial charge in [-0.15, -0.1) is 0 Å². The van der Waals surface area contributed by atoms with Gasteiger partial charge in [0.2, 0.25) is 0 Å². The molecule has 0 amide bonds. The Morgan fingerprint density at radius 3 is 2.44 bits per heavy atom. The quantitative estimate of drug-likeness (QED) is 0.829. The number of rotatable bonds is 4. The Morgan fingerprint density at radius 2 is 2.00 bits per heavy atom. The lowest BCUT2D eigenvalue weighted by molar-refractivity contribution is -0.136. The summed E-state index contributed by atoms with van der Waals surface area (Å²) in [5, 5.41) is 8.55. The first-order valence-electron chi connectivity index (χ1n) is 5.68. The number of esters is 1. The molecule has 0 unspecified atom stereocenters. The number of ether oxygens (including phenoxy) is 1. The van der Waals surface area contributed by atoms with Crippen LogP contribution in [0.5, 0.6) is 0 Å². The minimum atomic E-state index is -0.855. The summed E-state index contributed by atoms with van der Waals surface area (Å²) in [6.45, 7) is 5.35. The normalized spacial score (nSPS) is 11.1. The topological polar surface area (TPSA) is 76.5 Å². The van der Waals surface area contributed by atoms with E-state index in [1.807, 2.05) is 0 Å². The van der Waals surface area contributed by atoms with Crippen LogP contribution in [-0.4, -0.2) is 27.6 Å². The summed E-state index contributed by atoms with van der Waals surface area (Å²) in [7, 11) is 0. The van der Waals surface area contributed by atoms with Crippen LogP contribution in [0.2, 0.25) is 0 Å². The minimum Gasteiger partial charge on any atom is -0.481 e. The molecule has 0 aliphatic heterocycles. The maximum atomic E-state index is 11.7. The number of carbonyl (C=O) groups is 2. The zero-order chi connectivity index (χ0) is 13.8. The maximum absolute atomic E-state index is 11.7. The molecule has 0 atom stereocenters. The van der Waals surface area contributed by atoms with Crippen LogP contribution in [-0.2, 0) is 16.0 Å². The standard InChI is InChI=1S/C13H17NO4/c1-13(2,3)18-12(17)10-6-4-9(8-14-10)5-7-11(15)16/h4,6,8H,5,7H2,1-3H3,(H,15,16). The second-order valence-corrected chi connectivity index (χ2v) is 4.95. The van der Waals surface area contributed by atoms with Gasteiger partial charge in [-0.1, -0.05) is 6.07 Å². The van der Waals surface area contributed by atoms with Crippen LogP contribution < -0.4 is 0 Å². The monoisotopic (exact) mass is 251 g/mol. The van der Waals surface area contributed by atoms with Crippen molar-refractivity contribution < 1.29 is 19.4 Å². The second-order valence-electron chi connectivity index (χ2n) is 4.95. The van der Waals surface area contributed by atoms with Gasteiger partial charge in [0.25, 0.3) is 0 Å². The van der Waals surface area contributed by atoms with Gasteiger partial charge in [0, 0.05) is 12.6 Å². The highest BCUT2D eigenvalue weighted by molar-refractivity contribution is 5.87. The molecule has 0 fully saturated rings. The molecule has 18 heavy (non-hydrogen) atoms. The van der Waals surface area contributed by atoms with Gasteiger partial charge in [0.05, 0.1) is 0 Å². The van der Waals surface area contributed by atoms with E-state index in [0.717, 1.165) is 5.56 Å². The number of carboxylic acids is 1. The number of aryl methyl sites for hydroxylation is 1. The molecule has 1 aromatic rings. The van der Waals surface area contributed by atoms with Gasteiger partial charge in [-0.2, -0.15) is 0 Å². The molecular formula is C13H17NO4. The van der Waals surface area contributed by atoms with Gasteiger partial charge < -0.3 is 9.84 Å². The summed E-state index contributed by atoms with van der Waals surface area (Å²) in [6, 6.07) is 3.24. The Bertz CT molecular complexity index is 431. The van der Waals surface area contributed by atoms with Gasteiger partial charge in [-0.25, -0.2) is 9.78 Å². The Morgan fingerprint density at radius 1 is 1.33 bits per heavy atom. The lowest BCUT2D eigenvalue weighted by atomic mass is 10.1. The molecule has 0 bridgehead atoms. The summed E-state index contributed by atoms with van der Waals surface area (Å²) in [6.07, 6.45) is 1.95. The van der Waals surface area contributed by atoms with Crippen LogP contribution in [0, 0.1) is 0 Å². The van der Waals surface area contributed by atoms with E-state index in [-0.39, 0.29) is 12.1 Å². The highest BCUT2D eigenvalue weighted by Crippen LogP contribution is 2.11. The molecule has 0 saturated carbocycles. The Hall–Kier alpha value is -1.91. The smallest absolute Gasteiger partial charge is 0.357 e. The van der Waals surface area contributed by atoms with E-state index >= 15 is 0 Å². The number of hydrogen-bond donors (Lipinski definition) is 1. The van der Waals surface area contributed by atoms with Gasteiger partial charge in [-0.3, -0.25) is 4.79 Å². The van der Waals surface area contributed by atoms with Crippen molar-refractivity contribution in [2.24, 2.45) is 0 Å². The molecule has 98 valence electrons. The summed E-state index contributed by atoms with van der Waals surface area (Å²) < 4.78 is 5.17. The van der Waals surface area contributed by atoms with Gasteiger partial charge >= 0.3 is 11.9 Å². The van der Waals surface area contributed by atoms with Gasteiger partial charge in [0.15, 0.2) is 0 Å². The number of carbonyl (C=O) groups excluding carboxylic acids is 1. The number of carboxylic acid groups (broad SMARTS) is 1. The molecule has 0 aliphatic carbocycles. The fourth-order valence-corrected chi connectivity index (χ4v) is 1.27. The van der Waals surface area contributed by atoms with Gasteiger partial charge in [0.1, 0.15) is 11.3 Å². The second kappa shape index (κ2) is 5.62. The van der Waals surface area contributed by atoms with E-state index in [9.17, 15) is 9.59 Å². The third-order valence-electron chi connectivity index (χ3n) is 2.06. The number of hydrogen-bond acceptors (Lipinski definition) is 4. The predicted octanol–water partition coefficient (Wildman–Crippen LogP) is 2.05. The first kappa shape index (κ1) is 14.2. The predicted molar refractivity (Wildman–Crippen MR) is 65.4 cm³/mol. The number of aliphatic carboxylic acids is 1. The highest BCUT2D eigenvalue weighted by Gasteiger charge is 2.18. The molecule has 0 saturated heterocycles. The molecule has 5 nitrogen and oxygen atoms in total. The number of pyridine rings is 1. The van der Waals surface area contributed by atoms with Crippen molar-refractivity contribution in [1.82, 2.24) is 4.98 Å². The van der Waals surface area contributed by atoms with Crippen LogP contribution in [0.15, 0.2) is 18.3 Å². The molecule has 0 aromatic carbocycles. The minimum absolute atomic E-state index is 0.0491. The fourth-order valence-electron chi connectivity index (χ4n) is 1.27. The Labute approximate surface area is 106 Å². The fraction of sp³-hybridized carbons (Fsp3) is 0.462. The molecule has 1 N–H and O–H groups in total. The van der Waals surface area contributed by atoms with Crippen molar-refractivity contribution in [2.45, 2.75) is 39.2 Å². The first-order valence-corrected chi connectivity index (χ1v) is 5.68. The molecule has 1 heterocycles. The lowest BCUT2D eigenvalue weighted by Crippen LogP contribution is -2.24. The van der Waals surface area contributed by atoms with Gasteiger partial charge in [-0.05, 0) is 38.8 Å². The van der Waals surface area contributed by atoms with Crippen molar-refractivity contribution in [3.05, 3.63) is 29.6 Å². The summed E-state index contributed by atoms with van der Waals surface area (Å²) >= 11 is 0. The maximum Gasteiger partial charge on any atom is 0.357 e. The first-order chi connectivity index (χ1) is 8.28. The van der Waals surface area contributed by atoms with E-state index in [0.29, 0.717) is 6.42 Å². The molecule has 1 rings (SSSR count). The van der Waals surface area contributed by atoms with E-state index in [1.54, 1.807) is 32.9 Å². The molecular weight excluding hydrogens is 234 g/mol. The average Bonchev–Trinajstić information content (AvgIpc) is 2.24. The van der Waals surface area contributed by atoms with Crippen molar-refractivity contribution in [3.8, 4) is 0 Å². The zero-order valence-corrected chi connectivity index (χ0v) is 10.8. The average molecular weight is 251 g/mol. The summed E-state index contributed by atoms with van der Waals surface area (Å²) in [4.78, 5) is 26.0. The molecule has 0 aliphatic rings. The van der Waals surface area contributed by atoms with Crippen LogP contribution in [0.1, 0.15) is 43.2 Å². The van der Waals surface area contributed by atoms with Crippen LogP contribution >= 0.6 is 0 Å². The SMILES string of the molecule is CC(C)(C)OC(=O)c1ccc(CCC(=O)O)cn1. The summed E-state index contributed by atoms with van der Waals surface area (Å²) in [5.74, 6) is -1.33. The van der Waals surface area contributed by atoms with Crippen LogP contribution in [0.4, 0.5) is 0 Å². The number of aromatic nitrogens is 1. The Balaban J connectivity index is 2.65. The third kappa shape index (κ3) is 4.95. The molecule has 1 aromatic heterocycles. The van der Waals surface area contributed by atoms with Crippen molar-refractivity contribution in [3.63, 3.8) is 0 Å². The third-order valence-corrected chi connectivity index (χ3v) is 2.06. The zero-order valence-electron chi connectivity index (χ0n) is 10.8.